The third kappa shape index (κ3) is 6.28. The molecule has 0 radical (unpaired) electrons. The molecule has 174 valence electrons. The lowest BCUT2D eigenvalue weighted by Crippen LogP contribution is -2.37. The monoisotopic (exact) mass is 557 g/mol. The van der Waals surface area contributed by atoms with Crippen LogP contribution in [0.25, 0.3) is 11.3 Å². The fraction of sp³-hybridized carbons (Fsp3) is 0.273. The number of hydrogen-bond donors (Lipinski definition) is 1. The van der Waals surface area contributed by atoms with Crippen molar-refractivity contribution in [2.24, 2.45) is 0 Å². The molecule has 2 aromatic carbocycles. The number of nitrogens with zero attached hydrogens (tertiary/aromatic N) is 2. The van der Waals surface area contributed by atoms with E-state index in [1.165, 1.54) is 29.2 Å². The number of carbonyl (C=O) groups excluding carboxylic acids is 1. The van der Waals surface area contributed by atoms with Crippen molar-refractivity contribution in [1.29, 1.82) is 0 Å². The maximum Gasteiger partial charge on any atom is 0.416 e. The Labute approximate surface area is 205 Å². The Morgan fingerprint density at radius 3 is 2.61 bits per heavy atom. The molecule has 5 nitrogen and oxygen atoms in total. The molecule has 1 amide bonds. The van der Waals surface area contributed by atoms with Crippen LogP contribution in [0.1, 0.15) is 5.56 Å². The Kier molecular flexibility index (Phi) is 7.62. The van der Waals surface area contributed by atoms with E-state index in [0.717, 1.165) is 32.2 Å². The number of morpholine rings is 1. The summed E-state index contributed by atoms with van der Waals surface area (Å²) in [6.45, 7) is 1.75. The average Bonchev–Trinajstić information content (AvgIpc) is 3.27. The molecule has 0 unspecified atom stereocenters. The lowest BCUT2D eigenvalue weighted by atomic mass is 10.1. The standard InChI is InChI=1S/C22H19BrF3N3O2S2/c23-16-4-1-14(2-5-16)18-12-32-21(28-18)33-13-20(30)27-17-6-3-15(22(24,25)26)11-19(17)29-7-9-31-10-8-29/h1-6,11-12H,7-10,13H2,(H,27,30). The lowest BCUT2D eigenvalue weighted by molar-refractivity contribution is -0.137. The molecule has 1 fully saturated rings. The molecule has 0 aliphatic carbocycles. The van der Waals surface area contributed by atoms with E-state index in [0.29, 0.717) is 37.7 Å². The molecular formula is C22H19BrF3N3O2S2. The number of thiazole rings is 1. The maximum absolute atomic E-state index is 13.2. The van der Waals surface area contributed by atoms with Crippen LogP contribution >= 0.6 is 39.0 Å². The van der Waals surface area contributed by atoms with Crippen molar-refractivity contribution < 1.29 is 22.7 Å². The van der Waals surface area contributed by atoms with E-state index in [4.69, 9.17) is 4.74 Å². The average molecular weight is 558 g/mol. The Balaban J connectivity index is 1.43. The normalized spacial score (nSPS) is 14.4. The van der Waals surface area contributed by atoms with Gasteiger partial charge in [0.05, 0.1) is 41.6 Å². The van der Waals surface area contributed by atoms with Gasteiger partial charge in [-0.05, 0) is 30.3 Å². The third-order valence-corrected chi connectivity index (χ3v) is 7.45. The van der Waals surface area contributed by atoms with E-state index in [1.807, 2.05) is 29.6 Å². The van der Waals surface area contributed by atoms with E-state index >= 15 is 0 Å². The van der Waals surface area contributed by atoms with Gasteiger partial charge in [0.1, 0.15) is 0 Å². The van der Waals surface area contributed by atoms with E-state index < -0.39 is 11.7 Å². The predicted octanol–water partition coefficient (Wildman–Crippen LogP) is 6.16. The van der Waals surface area contributed by atoms with Gasteiger partial charge in [0.15, 0.2) is 4.34 Å². The van der Waals surface area contributed by atoms with Gasteiger partial charge in [-0.15, -0.1) is 11.3 Å². The fourth-order valence-electron chi connectivity index (χ4n) is 3.27. The van der Waals surface area contributed by atoms with Crippen molar-refractivity contribution in [1.82, 2.24) is 4.98 Å². The zero-order valence-electron chi connectivity index (χ0n) is 17.2. The molecule has 33 heavy (non-hydrogen) atoms. The summed E-state index contributed by atoms with van der Waals surface area (Å²) in [5.74, 6) is -0.216. The second-order valence-electron chi connectivity index (χ2n) is 7.17. The van der Waals surface area contributed by atoms with Gasteiger partial charge in [-0.1, -0.05) is 39.8 Å². The van der Waals surface area contributed by atoms with Gasteiger partial charge in [-0.25, -0.2) is 4.98 Å². The SMILES string of the molecule is O=C(CSc1nc(-c2ccc(Br)cc2)cs1)Nc1ccc(C(F)(F)F)cc1N1CCOCC1. The van der Waals surface area contributed by atoms with Crippen molar-refractivity contribution in [2.45, 2.75) is 10.5 Å². The summed E-state index contributed by atoms with van der Waals surface area (Å²) < 4.78 is 46.7. The second kappa shape index (κ2) is 10.5. The molecule has 11 heteroatoms. The first-order valence-corrected chi connectivity index (χ1v) is 12.6. The summed E-state index contributed by atoms with van der Waals surface area (Å²) in [5.41, 5.74) is 1.75. The van der Waals surface area contributed by atoms with E-state index in [9.17, 15) is 18.0 Å². The van der Waals surface area contributed by atoms with E-state index in [-0.39, 0.29) is 11.7 Å². The van der Waals surface area contributed by atoms with Gasteiger partial charge < -0.3 is 15.0 Å². The third-order valence-electron chi connectivity index (χ3n) is 4.90. The number of benzene rings is 2. The highest BCUT2D eigenvalue weighted by atomic mass is 79.9. The largest absolute Gasteiger partial charge is 0.416 e. The highest BCUT2D eigenvalue weighted by Gasteiger charge is 2.32. The molecule has 1 aromatic heterocycles. The van der Waals surface area contributed by atoms with Crippen LogP contribution in [0.3, 0.4) is 0 Å². The summed E-state index contributed by atoms with van der Waals surface area (Å²) in [6, 6.07) is 11.2. The van der Waals surface area contributed by atoms with Gasteiger partial charge in [0.25, 0.3) is 0 Å². The van der Waals surface area contributed by atoms with Gasteiger partial charge in [-0.2, -0.15) is 13.2 Å². The van der Waals surface area contributed by atoms with Crippen molar-refractivity contribution in [3.63, 3.8) is 0 Å². The number of alkyl halides is 3. The first kappa shape index (κ1) is 24.1. The Hall–Kier alpha value is -2.08. The van der Waals surface area contributed by atoms with E-state index in [2.05, 4.69) is 26.2 Å². The molecule has 0 spiro atoms. The van der Waals surface area contributed by atoms with Crippen molar-refractivity contribution >= 4 is 56.3 Å². The minimum Gasteiger partial charge on any atom is -0.378 e. The van der Waals surface area contributed by atoms with E-state index in [1.54, 1.807) is 4.90 Å². The number of hydrogen-bond acceptors (Lipinski definition) is 6. The highest BCUT2D eigenvalue weighted by Crippen LogP contribution is 2.36. The number of ether oxygens (including phenoxy) is 1. The number of anilines is 2. The number of thioether (sulfide) groups is 1. The van der Waals surface area contributed by atoms with Gasteiger partial charge in [-0.3, -0.25) is 4.79 Å². The van der Waals surface area contributed by atoms with Crippen LogP contribution in [0.15, 0.2) is 56.7 Å². The number of aromatic nitrogens is 1. The van der Waals surface area contributed by atoms with Crippen molar-refractivity contribution in [3.05, 3.63) is 57.9 Å². The van der Waals surface area contributed by atoms with Crippen molar-refractivity contribution in [2.75, 3.05) is 42.3 Å². The van der Waals surface area contributed by atoms with Crippen LogP contribution in [0.5, 0.6) is 0 Å². The Morgan fingerprint density at radius 1 is 1.18 bits per heavy atom. The highest BCUT2D eigenvalue weighted by molar-refractivity contribution is 9.10. The van der Waals surface area contributed by atoms with Crippen LogP contribution in [0, 0.1) is 0 Å². The smallest absolute Gasteiger partial charge is 0.378 e. The minimum atomic E-state index is -4.46. The molecule has 1 aliphatic heterocycles. The molecule has 1 saturated heterocycles. The molecule has 4 rings (SSSR count). The lowest BCUT2D eigenvalue weighted by Gasteiger charge is -2.31. The number of rotatable bonds is 6. The fourth-order valence-corrected chi connectivity index (χ4v) is 5.17. The van der Waals surface area contributed by atoms with Crippen molar-refractivity contribution in [3.8, 4) is 11.3 Å². The first-order chi connectivity index (χ1) is 15.8. The molecule has 3 aromatic rings. The topological polar surface area (TPSA) is 54.5 Å². The molecule has 2 heterocycles. The number of nitrogens with one attached hydrogen (secondary N) is 1. The van der Waals surface area contributed by atoms with Gasteiger partial charge in [0.2, 0.25) is 5.91 Å². The molecule has 1 N–H and O–H groups in total. The number of carbonyl (C=O) groups is 1. The van der Waals surface area contributed by atoms with Crippen LogP contribution in [-0.2, 0) is 15.7 Å². The maximum atomic E-state index is 13.2. The second-order valence-corrected chi connectivity index (χ2v) is 10.2. The van der Waals surface area contributed by atoms with Crippen LogP contribution < -0.4 is 10.2 Å². The quantitative estimate of drug-likeness (QED) is 0.368. The summed E-state index contributed by atoms with van der Waals surface area (Å²) >= 11 is 6.13. The van der Waals surface area contributed by atoms with Crippen LogP contribution in [0.2, 0.25) is 0 Å². The number of halogens is 4. The Bertz CT molecular complexity index is 1120. The van der Waals surface area contributed by atoms with Crippen LogP contribution in [-0.4, -0.2) is 42.9 Å². The zero-order chi connectivity index (χ0) is 23.4. The summed E-state index contributed by atoms with van der Waals surface area (Å²) in [4.78, 5) is 18.9. The molecule has 0 bridgehead atoms. The molecule has 1 aliphatic rings. The van der Waals surface area contributed by atoms with Crippen LogP contribution in [0.4, 0.5) is 24.5 Å². The first-order valence-electron chi connectivity index (χ1n) is 9.97. The molecule has 0 atom stereocenters. The summed E-state index contributed by atoms with van der Waals surface area (Å²) in [6.07, 6.45) is -4.46. The Morgan fingerprint density at radius 2 is 1.91 bits per heavy atom. The zero-order valence-corrected chi connectivity index (χ0v) is 20.4. The molecule has 0 saturated carbocycles. The molecular weight excluding hydrogens is 539 g/mol. The van der Waals surface area contributed by atoms with Gasteiger partial charge >= 0.3 is 6.18 Å². The predicted molar refractivity (Wildman–Crippen MR) is 129 cm³/mol. The summed E-state index contributed by atoms with van der Waals surface area (Å²) in [7, 11) is 0. The number of amides is 1. The minimum absolute atomic E-state index is 0.0941. The van der Waals surface area contributed by atoms with Gasteiger partial charge in [0, 0.05) is 28.5 Å². The summed E-state index contributed by atoms with van der Waals surface area (Å²) in [5, 5.41) is 4.69.